The maximum Gasteiger partial charge on any atom is 0.340 e. The Morgan fingerprint density at radius 3 is 3.06 bits per heavy atom. The highest BCUT2D eigenvalue weighted by Gasteiger charge is 2.14. The van der Waals surface area contributed by atoms with E-state index in [1.54, 1.807) is 25.4 Å². The molecule has 0 aliphatic carbocycles. The number of halogens is 1. The van der Waals surface area contributed by atoms with E-state index in [9.17, 15) is 4.79 Å². The van der Waals surface area contributed by atoms with Gasteiger partial charge in [0, 0.05) is 5.88 Å². The van der Waals surface area contributed by atoms with Crippen molar-refractivity contribution in [1.29, 1.82) is 0 Å². The van der Waals surface area contributed by atoms with Crippen LogP contribution in [0.1, 0.15) is 22.8 Å². The van der Waals surface area contributed by atoms with Crippen molar-refractivity contribution in [3.63, 3.8) is 0 Å². The number of imidazole rings is 1. The quantitative estimate of drug-likeness (QED) is 0.660. The molecule has 0 unspecified atom stereocenters. The van der Waals surface area contributed by atoms with Gasteiger partial charge in [0.25, 0.3) is 0 Å². The molecule has 2 rings (SSSR count). The van der Waals surface area contributed by atoms with E-state index in [1.165, 1.54) is 0 Å². The fourth-order valence-corrected chi connectivity index (χ4v) is 1.79. The minimum Gasteiger partial charge on any atom is -0.462 e. The molecule has 0 spiro atoms. The molecule has 1 N–H and O–H groups in total. The smallest absolute Gasteiger partial charge is 0.340 e. The summed E-state index contributed by atoms with van der Waals surface area (Å²) in [6, 6.07) is 3.50. The zero-order chi connectivity index (χ0) is 11.5. The zero-order valence-electron chi connectivity index (χ0n) is 8.79. The van der Waals surface area contributed by atoms with Gasteiger partial charge in [0.15, 0.2) is 0 Å². The third-order valence-corrected chi connectivity index (χ3v) is 2.59. The summed E-state index contributed by atoms with van der Waals surface area (Å²) in [5.74, 6) is 0.0163. The number of hydrogen-bond acceptors (Lipinski definition) is 3. The average Bonchev–Trinajstić information content (AvgIpc) is 2.76. The molecule has 4 nitrogen and oxygen atoms in total. The summed E-state index contributed by atoms with van der Waals surface area (Å²) >= 11 is 5.79. The summed E-state index contributed by atoms with van der Waals surface area (Å²) in [7, 11) is 0. The highest BCUT2D eigenvalue weighted by atomic mass is 35.5. The summed E-state index contributed by atoms with van der Waals surface area (Å²) in [6.07, 6.45) is 1.55. The fourth-order valence-electron chi connectivity index (χ4n) is 1.58. The summed E-state index contributed by atoms with van der Waals surface area (Å²) < 4.78 is 4.96. The van der Waals surface area contributed by atoms with Crippen LogP contribution < -0.4 is 0 Å². The Morgan fingerprint density at radius 2 is 2.38 bits per heavy atom. The number of alkyl halides is 1. The molecule has 5 heteroatoms. The number of nitrogens with one attached hydrogen (secondary N) is 1. The van der Waals surface area contributed by atoms with Gasteiger partial charge in [-0.1, -0.05) is 6.07 Å². The van der Waals surface area contributed by atoms with Crippen LogP contribution >= 0.6 is 11.6 Å². The largest absolute Gasteiger partial charge is 0.462 e. The number of hydrogen-bond donors (Lipinski definition) is 1. The first-order valence-electron chi connectivity index (χ1n) is 4.96. The van der Waals surface area contributed by atoms with E-state index >= 15 is 0 Å². The molecule has 84 valence electrons. The average molecular weight is 239 g/mol. The van der Waals surface area contributed by atoms with Gasteiger partial charge in [0.1, 0.15) is 0 Å². The fraction of sp³-hybridized carbons (Fsp3) is 0.273. The number of aromatic amines is 1. The molecule has 0 amide bonds. The minimum atomic E-state index is -0.349. The third-order valence-electron chi connectivity index (χ3n) is 2.30. The van der Waals surface area contributed by atoms with Crippen molar-refractivity contribution in [1.82, 2.24) is 9.97 Å². The van der Waals surface area contributed by atoms with E-state index < -0.39 is 0 Å². The Morgan fingerprint density at radius 1 is 1.56 bits per heavy atom. The van der Waals surface area contributed by atoms with Gasteiger partial charge in [-0.05, 0) is 18.6 Å². The maximum absolute atomic E-state index is 11.7. The Balaban J connectivity index is 2.55. The van der Waals surface area contributed by atoms with E-state index in [0.29, 0.717) is 23.6 Å². The van der Waals surface area contributed by atoms with E-state index in [4.69, 9.17) is 16.3 Å². The molecule has 16 heavy (non-hydrogen) atoms. The van der Waals surface area contributed by atoms with Crippen molar-refractivity contribution in [2.45, 2.75) is 12.8 Å². The Bertz CT molecular complexity index is 522. The number of carbonyl (C=O) groups is 1. The van der Waals surface area contributed by atoms with E-state index in [1.807, 2.05) is 0 Å². The lowest BCUT2D eigenvalue weighted by Gasteiger charge is -2.04. The van der Waals surface area contributed by atoms with Crippen LogP contribution in [0.3, 0.4) is 0 Å². The first-order valence-corrected chi connectivity index (χ1v) is 5.49. The SMILES string of the molecule is CCOC(=O)c1ccc(CCl)c2nc[nH]c12. The second-order valence-electron chi connectivity index (χ2n) is 3.25. The first kappa shape index (κ1) is 11.0. The molecule has 1 heterocycles. The molecule has 1 aromatic carbocycles. The number of esters is 1. The van der Waals surface area contributed by atoms with Gasteiger partial charge >= 0.3 is 5.97 Å². The van der Waals surface area contributed by atoms with Crippen molar-refractivity contribution in [3.8, 4) is 0 Å². The first-order chi connectivity index (χ1) is 7.77. The van der Waals surface area contributed by atoms with Crippen LogP contribution in [-0.2, 0) is 10.6 Å². The molecule has 0 saturated carbocycles. The van der Waals surface area contributed by atoms with Crippen molar-refractivity contribution in [2.24, 2.45) is 0 Å². The molecule has 0 fully saturated rings. The standard InChI is InChI=1S/C11H11ClN2O2/c1-2-16-11(15)8-4-3-7(5-12)9-10(8)14-6-13-9/h3-4,6H,2,5H2,1H3,(H,13,14). The van der Waals surface area contributed by atoms with Gasteiger partial charge in [0.05, 0.1) is 29.5 Å². The second kappa shape index (κ2) is 4.53. The van der Waals surface area contributed by atoms with Gasteiger partial charge in [-0.2, -0.15) is 0 Å². The number of nitrogens with zero attached hydrogens (tertiary/aromatic N) is 1. The van der Waals surface area contributed by atoms with Gasteiger partial charge in [-0.3, -0.25) is 0 Å². The molecule has 2 aromatic rings. The summed E-state index contributed by atoms with van der Waals surface area (Å²) in [5.41, 5.74) is 2.78. The van der Waals surface area contributed by atoms with Crippen molar-refractivity contribution < 1.29 is 9.53 Å². The Labute approximate surface area is 97.6 Å². The van der Waals surface area contributed by atoms with Gasteiger partial charge in [-0.25, -0.2) is 9.78 Å². The number of rotatable bonds is 3. The predicted octanol–water partition coefficient (Wildman–Crippen LogP) is 2.48. The highest BCUT2D eigenvalue weighted by molar-refractivity contribution is 6.18. The van der Waals surface area contributed by atoms with Crippen LogP contribution in [0.5, 0.6) is 0 Å². The lowest BCUT2D eigenvalue weighted by atomic mass is 10.1. The van der Waals surface area contributed by atoms with Crippen LogP contribution in [0.15, 0.2) is 18.5 Å². The lowest BCUT2D eigenvalue weighted by Crippen LogP contribution is -2.05. The normalized spacial score (nSPS) is 10.6. The molecule has 0 saturated heterocycles. The lowest BCUT2D eigenvalue weighted by molar-refractivity contribution is 0.0528. The van der Waals surface area contributed by atoms with Crippen molar-refractivity contribution >= 4 is 28.6 Å². The number of carbonyl (C=O) groups excluding carboxylic acids is 1. The molecule has 0 atom stereocenters. The van der Waals surface area contributed by atoms with Crippen LogP contribution in [0, 0.1) is 0 Å². The number of H-pyrrole nitrogens is 1. The maximum atomic E-state index is 11.7. The predicted molar refractivity (Wildman–Crippen MR) is 61.6 cm³/mol. The van der Waals surface area contributed by atoms with Gasteiger partial charge < -0.3 is 9.72 Å². The number of aromatic nitrogens is 2. The summed E-state index contributed by atoms with van der Waals surface area (Å²) in [6.45, 7) is 2.13. The molecule has 0 bridgehead atoms. The summed E-state index contributed by atoms with van der Waals surface area (Å²) in [4.78, 5) is 18.7. The molecule has 0 aliphatic rings. The topological polar surface area (TPSA) is 55.0 Å². The van der Waals surface area contributed by atoms with E-state index in [0.717, 1.165) is 11.1 Å². The molecule has 0 aliphatic heterocycles. The minimum absolute atomic E-state index is 0.349. The van der Waals surface area contributed by atoms with Crippen LogP contribution in [0.25, 0.3) is 11.0 Å². The molecular formula is C11H11ClN2O2. The highest BCUT2D eigenvalue weighted by Crippen LogP contribution is 2.21. The summed E-state index contributed by atoms with van der Waals surface area (Å²) in [5, 5.41) is 0. The van der Waals surface area contributed by atoms with Crippen LogP contribution in [0.2, 0.25) is 0 Å². The van der Waals surface area contributed by atoms with E-state index in [-0.39, 0.29) is 5.97 Å². The van der Waals surface area contributed by atoms with Gasteiger partial charge in [-0.15, -0.1) is 11.6 Å². The monoisotopic (exact) mass is 238 g/mol. The second-order valence-corrected chi connectivity index (χ2v) is 3.52. The molecule has 0 radical (unpaired) electrons. The number of fused-ring (bicyclic) bond motifs is 1. The molecule has 1 aromatic heterocycles. The zero-order valence-corrected chi connectivity index (χ0v) is 9.54. The van der Waals surface area contributed by atoms with Crippen molar-refractivity contribution in [3.05, 3.63) is 29.6 Å². The number of ether oxygens (including phenoxy) is 1. The van der Waals surface area contributed by atoms with Crippen LogP contribution in [0.4, 0.5) is 0 Å². The molecular weight excluding hydrogens is 228 g/mol. The third kappa shape index (κ3) is 1.76. The Kier molecular flexibility index (Phi) is 3.10. The van der Waals surface area contributed by atoms with E-state index in [2.05, 4.69) is 9.97 Å². The Hall–Kier alpha value is -1.55. The van der Waals surface area contributed by atoms with Gasteiger partial charge in [0.2, 0.25) is 0 Å². The van der Waals surface area contributed by atoms with Crippen LogP contribution in [-0.4, -0.2) is 22.5 Å². The number of benzene rings is 1. The van der Waals surface area contributed by atoms with Crippen molar-refractivity contribution in [2.75, 3.05) is 6.61 Å².